The highest BCUT2D eigenvalue weighted by atomic mass is 35.5. The summed E-state index contributed by atoms with van der Waals surface area (Å²) in [7, 11) is -0.446. The van der Waals surface area contributed by atoms with E-state index < -0.39 is 7.92 Å². The van der Waals surface area contributed by atoms with Gasteiger partial charge in [-0.3, -0.25) is 4.98 Å². The van der Waals surface area contributed by atoms with Crippen molar-refractivity contribution in [2.45, 2.75) is 6.92 Å². The van der Waals surface area contributed by atoms with E-state index in [9.17, 15) is 0 Å². The summed E-state index contributed by atoms with van der Waals surface area (Å²) in [6.45, 7) is 1.97. The summed E-state index contributed by atoms with van der Waals surface area (Å²) in [5, 5.41) is 4.74. The molecule has 0 aliphatic heterocycles. The van der Waals surface area contributed by atoms with Crippen LogP contribution in [0.5, 0.6) is 0 Å². The number of pyridine rings is 1. The topological polar surface area (TPSA) is 38.7 Å². The standard InChI is InChI=1S/C18H15P.C6H7N.C4H2Cl2N2/c1-4-10-16(11-5-1)19(17-12-6-2-7-13-17)18-14-8-3-9-15-18;1-6-4-2-3-5-7-6;5-3-1-2-7-4(6)8-3/h1-15H;2-5H,1H3;1-2H. The summed E-state index contributed by atoms with van der Waals surface area (Å²) in [5.41, 5.74) is 1.07. The van der Waals surface area contributed by atoms with Crippen LogP contribution in [0, 0.1) is 6.92 Å². The van der Waals surface area contributed by atoms with Crippen LogP contribution in [0.3, 0.4) is 0 Å². The predicted octanol–water partition coefficient (Wildman–Crippen LogP) is 6.62. The van der Waals surface area contributed by atoms with Crippen molar-refractivity contribution in [3.05, 3.63) is 144 Å². The van der Waals surface area contributed by atoms with Gasteiger partial charge in [-0.1, -0.05) is 109 Å². The Hall–Kier alpha value is -3.10. The third-order valence-electron chi connectivity index (χ3n) is 4.45. The van der Waals surface area contributed by atoms with Gasteiger partial charge in [0.1, 0.15) is 5.15 Å². The number of halogens is 2. The zero-order valence-corrected chi connectivity index (χ0v) is 21.1. The normalized spacial score (nSPS) is 9.88. The van der Waals surface area contributed by atoms with Gasteiger partial charge >= 0.3 is 0 Å². The lowest BCUT2D eigenvalue weighted by Crippen LogP contribution is -2.20. The third-order valence-corrected chi connectivity index (χ3v) is 7.28. The minimum atomic E-state index is -0.446. The monoisotopic (exact) mass is 503 g/mol. The summed E-state index contributed by atoms with van der Waals surface area (Å²) in [4.78, 5) is 11.2. The Morgan fingerprint density at radius 1 is 0.529 bits per heavy atom. The maximum absolute atomic E-state index is 5.41. The van der Waals surface area contributed by atoms with E-state index in [0.29, 0.717) is 5.15 Å². The highest BCUT2D eigenvalue weighted by molar-refractivity contribution is 7.79. The fourth-order valence-electron chi connectivity index (χ4n) is 2.94. The molecule has 0 unspecified atom stereocenters. The van der Waals surface area contributed by atoms with Crippen molar-refractivity contribution >= 4 is 47.0 Å². The SMILES string of the molecule is Cc1ccccn1.Clc1ccnc(Cl)n1.c1ccc(P(c2ccccc2)c2ccccc2)cc1. The quantitative estimate of drug-likeness (QED) is 0.158. The van der Waals surface area contributed by atoms with Crippen LogP contribution in [0.1, 0.15) is 5.69 Å². The summed E-state index contributed by atoms with van der Waals surface area (Å²) in [5.74, 6) is 0. The van der Waals surface area contributed by atoms with Crippen molar-refractivity contribution in [1.29, 1.82) is 0 Å². The molecular formula is C28H24Cl2N3P. The van der Waals surface area contributed by atoms with Crippen molar-refractivity contribution < 1.29 is 0 Å². The first kappa shape index (κ1) is 25.5. The molecule has 0 aliphatic rings. The van der Waals surface area contributed by atoms with Crippen LogP contribution in [-0.2, 0) is 0 Å². The van der Waals surface area contributed by atoms with E-state index in [0.717, 1.165) is 5.69 Å². The molecule has 0 atom stereocenters. The molecule has 5 rings (SSSR count). The second kappa shape index (κ2) is 14.2. The van der Waals surface area contributed by atoms with Crippen LogP contribution >= 0.6 is 31.1 Å². The lowest BCUT2D eigenvalue weighted by atomic mass is 10.4. The van der Waals surface area contributed by atoms with Gasteiger partial charge in [0.2, 0.25) is 5.28 Å². The van der Waals surface area contributed by atoms with Crippen LogP contribution in [0.4, 0.5) is 0 Å². The second-order valence-electron chi connectivity index (χ2n) is 6.96. The summed E-state index contributed by atoms with van der Waals surface area (Å²) in [6, 6.07) is 39.7. The molecule has 0 fully saturated rings. The molecule has 0 amide bonds. The van der Waals surface area contributed by atoms with Crippen molar-refractivity contribution in [3.63, 3.8) is 0 Å². The van der Waals surface area contributed by atoms with Gasteiger partial charge < -0.3 is 0 Å². The number of aromatic nitrogens is 3. The molecule has 5 aromatic rings. The van der Waals surface area contributed by atoms with Gasteiger partial charge in [-0.2, -0.15) is 0 Å². The molecule has 0 saturated heterocycles. The van der Waals surface area contributed by atoms with E-state index in [2.05, 4.69) is 106 Å². The minimum absolute atomic E-state index is 0.178. The zero-order valence-electron chi connectivity index (χ0n) is 18.7. The number of aryl methyl sites for hydroxylation is 1. The molecule has 0 radical (unpaired) electrons. The lowest BCUT2D eigenvalue weighted by Gasteiger charge is -2.18. The molecule has 0 bridgehead atoms. The first-order valence-electron chi connectivity index (χ1n) is 10.6. The smallest absolute Gasteiger partial charge is 0.223 e. The van der Waals surface area contributed by atoms with Crippen molar-refractivity contribution in [2.24, 2.45) is 0 Å². The second-order valence-corrected chi connectivity index (χ2v) is 9.91. The maximum Gasteiger partial charge on any atom is 0.223 e. The summed E-state index contributed by atoms with van der Waals surface area (Å²) in [6.07, 6.45) is 3.28. The first-order valence-corrected chi connectivity index (χ1v) is 12.7. The molecule has 0 spiro atoms. The Morgan fingerprint density at radius 2 is 1.00 bits per heavy atom. The van der Waals surface area contributed by atoms with Crippen molar-refractivity contribution in [2.75, 3.05) is 0 Å². The molecule has 170 valence electrons. The molecule has 3 nitrogen and oxygen atoms in total. The molecule has 6 heteroatoms. The zero-order chi connectivity index (χ0) is 24.0. The molecular weight excluding hydrogens is 480 g/mol. The van der Waals surface area contributed by atoms with Gasteiger partial charge in [0.15, 0.2) is 0 Å². The van der Waals surface area contributed by atoms with Crippen LogP contribution in [-0.4, -0.2) is 15.0 Å². The van der Waals surface area contributed by atoms with Crippen molar-refractivity contribution in [3.8, 4) is 0 Å². The molecule has 3 aromatic carbocycles. The van der Waals surface area contributed by atoms with E-state index in [1.54, 1.807) is 12.3 Å². The van der Waals surface area contributed by atoms with Crippen LogP contribution in [0.15, 0.2) is 128 Å². The van der Waals surface area contributed by atoms with Gasteiger partial charge in [0.05, 0.1) is 0 Å². The van der Waals surface area contributed by atoms with Gasteiger partial charge in [-0.15, -0.1) is 0 Å². The molecule has 34 heavy (non-hydrogen) atoms. The number of nitrogens with zero attached hydrogens (tertiary/aromatic N) is 3. The Morgan fingerprint density at radius 3 is 1.29 bits per heavy atom. The molecule has 2 heterocycles. The van der Waals surface area contributed by atoms with Gasteiger partial charge in [-0.25, -0.2) is 9.97 Å². The molecule has 0 aliphatic carbocycles. The van der Waals surface area contributed by atoms with Crippen LogP contribution in [0.25, 0.3) is 0 Å². The number of hydrogen-bond donors (Lipinski definition) is 0. The minimum Gasteiger partial charge on any atom is -0.262 e. The lowest BCUT2D eigenvalue weighted by molar-refractivity contribution is 1.17. The van der Waals surface area contributed by atoms with E-state index >= 15 is 0 Å². The van der Waals surface area contributed by atoms with Crippen LogP contribution in [0.2, 0.25) is 10.4 Å². The number of rotatable bonds is 3. The van der Waals surface area contributed by atoms with E-state index in [4.69, 9.17) is 23.2 Å². The average Bonchev–Trinajstić information content (AvgIpc) is 2.87. The maximum atomic E-state index is 5.41. The summed E-state index contributed by atoms with van der Waals surface area (Å²) >= 11 is 10.7. The fourth-order valence-corrected chi connectivity index (χ4v) is 5.57. The average molecular weight is 504 g/mol. The molecule has 2 aromatic heterocycles. The van der Waals surface area contributed by atoms with Gasteiger partial charge in [0.25, 0.3) is 0 Å². The Kier molecular flexibility index (Phi) is 10.7. The third kappa shape index (κ3) is 8.68. The highest BCUT2D eigenvalue weighted by Gasteiger charge is 2.14. The van der Waals surface area contributed by atoms with Gasteiger partial charge in [-0.05, 0) is 60.6 Å². The summed E-state index contributed by atoms with van der Waals surface area (Å²) < 4.78 is 0. The van der Waals surface area contributed by atoms with Gasteiger partial charge in [0, 0.05) is 18.1 Å². The predicted molar refractivity (Wildman–Crippen MR) is 146 cm³/mol. The van der Waals surface area contributed by atoms with Crippen molar-refractivity contribution in [1.82, 2.24) is 15.0 Å². The number of benzene rings is 3. The van der Waals surface area contributed by atoms with Crippen LogP contribution < -0.4 is 15.9 Å². The Bertz CT molecular complexity index is 1110. The largest absolute Gasteiger partial charge is 0.262 e. The Balaban J connectivity index is 0.000000177. The Labute approximate surface area is 212 Å². The van der Waals surface area contributed by atoms with E-state index in [1.165, 1.54) is 22.1 Å². The fraction of sp³-hybridized carbons (Fsp3) is 0.0357. The highest BCUT2D eigenvalue weighted by Crippen LogP contribution is 2.32. The number of hydrogen-bond acceptors (Lipinski definition) is 3. The first-order chi connectivity index (χ1) is 16.6. The van der Waals surface area contributed by atoms with E-state index in [-0.39, 0.29) is 5.28 Å². The molecule has 0 saturated carbocycles. The molecule has 0 N–H and O–H groups in total. The van der Waals surface area contributed by atoms with E-state index in [1.807, 2.05) is 25.1 Å².